The van der Waals surface area contributed by atoms with Crippen molar-refractivity contribution in [3.05, 3.63) is 54.5 Å². The third-order valence-electron chi connectivity index (χ3n) is 3.45. The van der Waals surface area contributed by atoms with E-state index in [1.807, 2.05) is 41.6 Å². The average Bonchev–Trinajstić information content (AvgIpc) is 3.19. The molecule has 0 amide bonds. The molecule has 110 valence electrons. The van der Waals surface area contributed by atoms with E-state index in [0.717, 1.165) is 30.4 Å². The van der Waals surface area contributed by atoms with Gasteiger partial charge in [-0.1, -0.05) is 0 Å². The molecule has 0 fully saturated rings. The zero-order valence-electron chi connectivity index (χ0n) is 12.1. The molecular formula is C14H18N6O. The van der Waals surface area contributed by atoms with Gasteiger partial charge in [0.15, 0.2) is 0 Å². The van der Waals surface area contributed by atoms with E-state index in [9.17, 15) is 0 Å². The van der Waals surface area contributed by atoms with Gasteiger partial charge in [-0.3, -0.25) is 0 Å². The van der Waals surface area contributed by atoms with Gasteiger partial charge >= 0.3 is 0 Å². The molecule has 0 aliphatic heterocycles. The quantitative estimate of drug-likeness (QED) is 0.733. The molecule has 0 spiro atoms. The molecule has 7 heteroatoms. The smallest absolute Gasteiger partial charge is 0.133 e. The van der Waals surface area contributed by atoms with Crippen molar-refractivity contribution in [1.82, 2.24) is 29.6 Å². The van der Waals surface area contributed by atoms with Crippen LogP contribution in [0.2, 0.25) is 0 Å². The van der Waals surface area contributed by atoms with Crippen molar-refractivity contribution in [2.24, 2.45) is 14.1 Å². The van der Waals surface area contributed by atoms with Crippen molar-refractivity contribution < 1.29 is 4.42 Å². The molecule has 3 rings (SSSR count). The van der Waals surface area contributed by atoms with Crippen molar-refractivity contribution in [3.8, 4) is 0 Å². The van der Waals surface area contributed by atoms with Crippen LogP contribution in [0.3, 0.4) is 0 Å². The van der Waals surface area contributed by atoms with Gasteiger partial charge < -0.3 is 18.9 Å². The van der Waals surface area contributed by atoms with Crippen LogP contribution in [0, 0.1) is 0 Å². The first-order valence-corrected chi connectivity index (χ1v) is 6.82. The zero-order chi connectivity index (χ0) is 14.7. The first-order chi connectivity index (χ1) is 10.3. The Morgan fingerprint density at radius 3 is 2.86 bits per heavy atom. The fraction of sp³-hybridized carbons (Fsp3) is 0.357. The van der Waals surface area contributed by atoms with Gasteiger partial charge in [0.1, 0.15) is 29.8 Å². The van der Waals surface area contributed by atoms with Gasteiger partial charge in [-0.2, -0.15) is 0 Å². The Hall–Kier alpha value is -2.41. The van der Waals surface area contributed by atoms with Gasteiger partial charge in [0.2, 0.25) is 0 Å². The Morgan fingerprint density at radius 2 is 2.24 bits per heavy atom. The molecule has 0 aromatic carbocycles. The van der Waals surface area contributed by atoms with E-state index in [1.54, 1.807) is 18.8 Å². The second kappa shape index (κ2) is 5.92. The number of hydrogen-bond donors (Lipinski definition) is 1. The third kappa shape index (κ3) is 2.87. The van der Waals surface area contributed by atoms with Gasteiger partial charge in [-0.15, -0.1) is 10.2 Å². The summed E-state index contributed by atoms with van der Waals surface area (Å²) in [6.45, 7) is 0.755. The highest BCUT2D eigenvalue weighted by molar-refractivity contribution is 5.15. The predicted octanol–water partition coefficient (Wildman–Crippen LogP) is 1.06. The molecular weight excluding hydrogens is 268 g/mol. The maximum Gasteiger partial charge on any atom is 0.133 e. The summed E-state index contributed by atoms with van der Waals surface area (Å²) in [5.41, 5.74) is 0. The van der Waals surface area contributed by atoms with Crippen LogP contribution in [-0.4, -0.2) is 30.9 Å². The zero-order valence-corrected chi connectivity index (χ0v) is 12.1. The Balaban J connectivity index is 1.72. The van der Waals surface area contributed by atoms with Crippen molar-refractivity contribution in [1.29, 1.82) is 0 Å². The van der Waals surface area contributed by atoms with E-state index >= 15 is 0 Å². The van der Waals surface area contributed by atoms with Crippen molar-refractivity contribution in [3.63, 3.8) is 0 Å². The second-order valence-electron chi connectivity index (χ2n) is 4.91. The minimum atomic E-state index is -0.0757. The van der Waals surface area contributed by atoms with E-state index in [4.69, 9.17) is 4.42 Å². The van der Waals surface area contributed by atoms with Crippen LogP contribution in [0.5, 0.6) is 0 Å². The molecule has 0 saturated carbocycles. The molecule has 0 radical (unpaired) electrons. The highest BCUT2D eigenvalue weighted by atomic mass is 16.3. The molecule has 3 aromatic rings. The van der Waals surface area contributed by atoms with Crippen LogP contribution >= 0.6 is 0 Å². The van der Waals surface area contributed by atoms with E-state index in [1.165, 1.54) is 0 Å². The molecule has 1 unspecified atom stereocenters. The number of aryl methyl sites for hydroxylation is 2. The normalized spacial score (nSPS) is 12.7. The van der Waals surface area contributed by atoms with E-state index in [0.29, 0.717) is 0 Å². The SMILES string of the molecule is Cn1cnnc1CCNC(c1ccco1)c1nccn1C. The average molecular weight is 286 g/mol. The maximum absolute atomic E-state index is 5.54. The van der Waals surface area contributed by atoms with Gasteiger partial charge in [0, 0.05) is 39.5 Å². The lowest BCUT2D eigenvalue weighted by molar-refractivity contribution is 0.430. The van der Waals surface area contributed by atoms with Gasteiger partial charge in [0.25, 0.3) is 0 Å². The van der Waals surface area contributed by atoms with Crippen LogP contribution in [0.1, 0.15) is 23.5 Å². The number of rotatable bonds is 6. The lowest BCUT2D eigenvalue weighted by Crippen LogP contribution is -2.27. The molecule has 1 atom stereocenters. The molecule has 21 heavy (non-hydrogen) atoms. The summed E-state index contributed by atoms with van der Waals surface area (Å²) in [5.74, 6) is 2.71. The topological polar surface area (TPSA) is 73.7 Å². The largest absolute Gasteiger partial charge is 0.467 e. The molecule has 0 bridgehead atoms. The predicted molar refractivity (Wildman–Crippen MR) is 76.5 cm³/mol. The molecule has 0 aliphatic rings. The number of nitrogens with zero attached hydrogens (tertiary/aromatic N) is 5. The standard InChI is InChI=1S/C14H18N6O/c1-19-8-7-16-14(19)13(11-4-3-9-21-11)15-6-5-12-18-17-10-20(12)2/h3-4,7-10,13,15H,5-6H2,1-2H3. The summed E-state index contributed by atoms with van der Waals surface area (Å²) >= 11 is 0. The highest BCUT2D eigenvalue weighted by Gasteiger charge is 2.20. The summed E-state index contributed by atoms with van der Waals surface area (Å²) in [6, 6.07) is 3.76. The Bertz CT molecular complexity index is 684. The van der Waals surface area contributed by atoms with Gasteiger partial charge in [-0.25, -0.2) is 4.98 Å². The summed E-state index contributed by atoms with van der Waals surface area (Å²) in [7, 11) is 3.92. The van der Waals surface area contributed by atoms with Crippen LogP contribution in [0.15, 0.2) is 41.5 Å². The molecule has 0 aliphatic carbocycles. The van der Waals surface area contributed by atoms with E-state index in [-0.39, 0.29) is 6.04 Å². The Labute approximate surface area is 122 Å². The maximum atomic E-state index is 5.54. The minimum absolute atomic E-state index is 0.0757. The lowest BCUT2D eigenvalue weighted by atomic mass is 10.2. The van der Waals surface area contributed by atoms with Crippen LogP contribution in [0.25, 0.3) is 0 Å². The van der Waals surface area contributed by atoms with Crippen LogP contribution in [0.4, 0.5) is 0 Å². The molecule has 1 N–H and O–H groups in total. The fourth-order valence-electron chi connectivity index (χ4n) is 2.29. The summed E-state index contributed by atoms with van der Waals surface area (Å²) in [5, 5.41) is 11.4. The van der Waals surface area contributed by atoms with Gasteiger partial charge in [-0.05, 0) is 12.1 Å². The van der Waals surface area contributed by atoms with E-state index in [2.05, 4.69) is 20.5 Å². The number of aromatic nitrogens is 5. The molecule has 7 nitrogen and oxygen atoms in total. The van der Waals surface area contributed by atoms with Crippen molar-refractivity contribution in [2.75, 3.05) is 6.54 Å². The number of furan rings is 1. The monoisotopic (exact) mass is 286 g/mol. The number of nitrogens with one attached hydrogen (secondary N) is 1. The third-order valence-corrected chi connectivity index (χ3v) is 3.45. The molecule has 0 saturated heterocycles. The Morgan fingerprint density at radius 1 is 1.33 bits per heavy atom. The lowest BCUT2D eigenvalue weighted by Gasteiger charge is -2.16. The number of hydrogen-bond acceptors (Lipinski definition) is 5. The van der Waals surface area contributed by atoms with Crippen LogP contribution in [-0.2, 0) is 20.5 Å². The van der Waals surface area contributed by atoms with Crippen LogP contribution < -0.4 is 5.32 Å². The van der Waals surface area contributed by atoms with Gasteiger partial charge in [0.05, 0.1) is 6.26 Å². The minimum Gasteiger partial charge on any atom is -0.467 e. The fourth-order valence-corrected chi connectivity index (χ4v) is 2.29. The first-order valence-electron chi connectivity index (χ1n) is 6.82. The molecule has 3 aromatic heterocycles. The number of imidazole rings is 1. The summed E-state index contributed by atoms with van der Waals surface area (Å²) in [6.07, 6.45) is 7.89. The Kier molecular flexibility index (Phi) is 3.83. The summed E-state index contributed by atoms with van der Waals surface area (Å²) in [4.78, 5) is 4.41. The molecule has 3 heterocycles. The van der Waals surface area contributed by atoms with Crippen molar-refractivity contribution in [2.45, 2.75) is 12.5 Å². The summed E-state index contributed by atoms with van der Waals surface area (Å²) < 4.78 is 9.45. The van der Waals surface area contributed by atoms with E-state index < -0.39 is 0 Å². The van der Waals surface area contributed by atoms with Crippen molar-refractivity contribution >= 4 is 0 Å². The second-order valence-corrected chi connectivity index (χ2v) is 4.91. The highest BCUT2D eigenvalue weighted by Crippen LogP contribution is 2.20. The first kappa shape index (κ1) is 13.6.